The Morgan fingerprint density at radius 3 is 2.68 bits per heavy atom. The summed E-state index contributed by atoms with van der Waals surface area (Å²) in [6.45, 7) is 3.97. The predicted octanol–water partition coefficient (Wildman–Crippen LogP) is 3.30. The van der Waals surface area contributed by atoms with E-state index in [0.717, 1.165) is 42.8 Å². The third kappa shape index (κ3) is 3.65. The van der Waals surface area contributed by atoms with Crippen molar-refractivity contribution in [1.29, 1.82) is 0 Å². The van der Waals surface area contributed by atoms with Gasteiger partial charge in [0.05, 0.1) is 18.2 Å². The van der Waals surface area contributed by atoms with Crippen molar-refractivity contribution >= 4 is 10.9 Å². The second kappa shape index (κ2) is 7.59. The first kappa shape index (κ1) is 19.0. The summed E-state index contributed by atoms with van der Waals surface area (Å²) >= 11 is 0. The van der Waals surface area contributed by atoms with Crippen molar-refractivity contribution in [2.45, 2.75) is 37.5 Å². The van der Waals surface area contributed by atoms with Crippen molar-refractivity contribution in [3.63, 3.8) is 0 Å². The number of benzene rings is 2. The van der Waals surface area contributed by atoms with Gasteiger partial charge in [-0.15, -0.1) is 0 Å². The maximum atomic E-state index is 10.5. The van der Waals surface area contributed by atoms with Gasteiger partial charge in [0.25, 0.3) is 0 Å². The van der Waals surface area contributed by atoms with E-state index in [9.17, 15) is 5.11 Å². The number of hydrogen-bond donors (Lipinski definition) is 4. The zero-order chi connectivity index (χ0) is 19.6. The lowest BCUT2D eigenvalue weighted by molar-refractivity contribution is 0.00299. The molecule has 1 aliphatic rings. The van der Waals surface area contributed by atoms with Gasteiger partial charge in [-0.05, 0) is 37.5 Å². The molecule has 2 aromatic carbocycles. The Morgan fingerprint density at radius 1 is 1.11 bits per heavy atom. The molecule has 4 rings (SSSR count). The van der Waals surface area contributed by atoms with Crippen LogP contribution in [0.15, 0.2) is 54.7 Å². The summed E-state index contributed by atoms with van der Waals surface area (Å²) in [6.07, 6.45) is 3.74. The van der Waals surface area contributed by atoms with Crippen molar-refractivity contribution in [2.75, 3.05) is 20.2 Å². The van der Waals surface area contributed by atoms with Gasteiger partial charge < -0.3 is 25.5 Å². The quantitative estimate of drug-likeness (QED) is 0.530. The highest BCUT2D eigenvalue weighted by atomic mass is 16.5. The summed E-state index contributed by atoms with van der Waals surface area (Å²) in [7, 11) is 1.71. The first-order chi connectivity index (χ1) is 13.5. The van der Waals surface area contributed by atoms with Crippen molar-refractivity contribution in [3.8, 4) is 5.75 Å². The number of β-amino-alcohol motifs (C(OH)–C–C–N with tert-alkyl or cyclic N) is 1. The highest BCUT2D eigenvalue weighted by Crippen LogP contribution is 2.37. The molecule has 0 aliphatic carbocycles. The van der Waals surface area contributed by atoms with Gasteiger partial charge in [0, 0.05) is 42.3 Å². The Morgan fingerprint density at radius 2 is 1.89 bits per heavy atom. The molecule has 148 valence electrons. The zero-order valence-corrected chi connectivity index (χ0v) is 16.6. The van der Waals surface area contributed by atoms with Crippen LogP contribution in [0.1, 0.15) is 30.9 Å². The molecule has 0 unspecified atom stereocenters. The Kier molecular flexibility index (Phi) is 5.15. The van der Waals surface area contributed by atoms with Crippen LogP contribution in [0.5, 0.6) is 5.75 Å². The molecule has 4 N–H and O–H groups in total. The molecule has 28 heavy (non-hydrogen) atoms. The lowest BCUT2D eigenvalue weighted by atomic mass is 9.77. The van der Waals surface area contributed by atoms with Crippen LogP contribution in [-0.2, 0) is 12.1 Å². The Hall–Kier alpha value is -2.34. The number of aromatic nitrogens is 1. The molecule has 2 atom stereocenters. The molecule has 0 radical (unpaired) electrons. The van der Waals surface area contributed by atoms with E-state index in [-0.39, 0.29) is 5.54 Å². The topological polar surface area (TPSA) is 69.3 Å². The van der Waals surface area contributed by atoms with E-state index in [1.807, 2.05) is 31.2 Å². The molecule has 0 amide bonds. The minimum absolute atomic E-state index is 0.232. The number of ether oxygens (including phenoxy) is 1. The van der Waals surface area contributed by atoms with E-state index in [4.69, 9.17) is 4.74 Å². The van der Waals surface area contributed by atoms with Crippen LogP contribution in [0.25, 0.3) is 10.9 Å². The smallest absolute Gasteiger partial charge is 0.123 e. The predicted molar refractivity (Wildman–Crippen MR) is 113 cm³/mol. The van der Waals surface area contributed by atoms with E-state index in [1.165, 1.54) is 10.9 Å². The minimum atomic E-state index is -0.668. The number of nitrogens with one attached hydrogen (secondary N) is 3. The highest BCUT2D eigenvalue weighted by Gasteiger charge is 2.41. The summed E-state index contributed by atoms with van der Waals surface area (Å²) in [5, 5.41) is 19.0. The van der Waals surface area contributed by atoms with Gasteiger partial charge in [-0.2, -0.15) is 0 Å². The summed E-state index contributed by atoms with van der Waals surface area (Å²) in [5.41, 5.74) is 2.64. The minimum Gasteiger partial charge on any atom is -0.496 e. The van der Waals surface area contributed by atoms with Gasteiger partial charge in [0.15, 0.2) is 0 Å². The number of H-pyrrole nitrogens is 1. The number of rotatable bonds is 6. The van der Waals surface area contributed by atoms with E-state index >= 15 is 0 Å². The van der Waals surface area contributed by atoms with Gasteiger partial charge >= 0.3 is 0 Å². The van der Waals surface area contributed by atoms with E-state index in [1.54, 1.807) is 7.11 Å². The van der Waals surface area contributed by atoms with Crippen LogP contribution in [0.2, 0.25) is 0 Å². The Balaban J connectivity index is 1.59. The molecule has 1 saturated heterocycles. The number of para-hydroxylation sites is 2. The fourth-order valence-corrected chi connectivity index (χ4v) is 4.22. The number of aromatic amines is 1. The molecule has 3 aromatic rings. The SMILES string of the molecule is COc1ccccc1CNC[C@]1(c2c[nH]c3ccccc23)CC[C@](C)(O)CN1. The molecule has 1 aliphatic heterocycles. The standard InChI is InChI=1S/C23H29N3O2/c1-22(27)11-12-23(26-15-22,19-14-25-20-9-5-4-8-18(19)20)16-24-13-17-7-3-6-10-21(17)28-2/h3-10,14,24-27H,11-13,15-16H2,1-2H3/t22-,23-/m0/s1. The van der Waals surface area contributed by atoms with Gasteiger partial charge in [-0.3, -0.25) is 0 Å². The van der Waals surface area contributed by atoms with Crippen molar-refractivity contribution in [3.05, 3.63) is 65.9 Å². The van der Waals surface area contributed by atoms with Gasteiger partial charge in [0.2, 0.25) is 0 Å². The maximum absolute atomic E-state index is 10.5. The molecule has 1 fully saturated rings. The summed E-state index contributed by atoms with van der Waals surface area (Å²) in [5.74, 6) is 0.899. The van der Waals surface area contributed by atoms with E-state index in [0.29, 0.717) is 6.54 Å². The highest BCUT2D eigenvalue weighted by molar-refractivity contribution is 5.84. The third-order valence-electron chi connectivity index (χ3n) is 5.94. The molecular weight excluding hydrogens is 350 g/mol. The van der Waals surface area contributed by atoms with E-state index < -0.39 is 5.60 Å². The summed E-state index contributed by atoms with van der Waals surface area (Å²) in [6, 6.07) is 16.5. The number of aliphatic hydroxyl groups is 1. The zero-order valence-electron chi connectivity index (χ0n) is 16.6. The van der Waals surface area contributed by atoms with Crippen LogP contribution in [0.3, 0.4) is 0 Å². The van der Waals surface area contributed by atoms with Crippen molar-refractivity contribution < 1.29 is 9.84 Å². The lowest BCUT2D eigenvalue weighted by Gasteiger charge is -2.44. The van der Waals surface area contributed by atoms with Crippen molar-refractivity contribution in [1.82, 2.24) is 15.6 Å². The van der Waals surface area contributed by atoms with Gasteiger partial charge in [-0.25, -0.2) is 0 Å². The van der Waals surface area contributed by atoms with Crippen molar-refractivity contribution in [2.24, 2.45) is 0 Å². The number of piperidine rings is 1. The Bertz CT molecular complexity index is 938. The Labute approximate surface area is 166 Å². The fourth-order valence-electron chi connectivity index (χ4n) is 4.22. The molecule has 0 spiro atoms. The lowest BCUT2D eigenvalue weighted by Crippen LogP contribution is -2.58. The van der Waals surface area contributed by atoms with Crippen LogP contribution in [0.4, 0.5) is 0 Å². The average Bonchev–Trinajstić information content (AvgIpc) is 3.15. The first-order valence-corrected chi connectivity index (χ1v) is 9.90. The molecule has 0 saturated carbocycles. The molecule has 0 bridgehead atoms. The largest absolute Gasteiger partial charge is 0.496 e. The number of fused-ring (bicyclic) bond motifs is 1. The van der Waals surface area contributed by atoms with Gasteiger partial charge in [0.1, 0.15) is 5.75 Å². The maximum Gasteiger partial charge on any atom is 0.123 e. The van der Waals surface area contributed by atoms with Crippen LogP contribution in [0, 0.1) is 0 Å². The van der Waals surface area contributed by atoms with Crippen LogP contribution >= 0.6 is 0 Å². The molecule has 2 heterocycles. The fraction of sp³-hybridized carbons (Fsp3) is 0.391. The molecule has 5 nitrogen and oxygen atoms in total. The average molecular weight is 380 g/mol. The number of hydrogen-bond acceptors (Lipinski definition) is 4. The monoisotopic (exact) mass is 379 g/mol. The first-order valence-electron chi connectivity index (χ1n) is 9.90. The summed E-state index contributed by atoms with van der Waals surface area (Å²) in [4.78, 5) is 3.41. The molecule has 5 heteroatoms. The van der Waals surface area contributed by atoms with Crippen LogP contribution < -0.4 is 15.4 Å². The molecule has 1 aromatic heterocycles. The van der Waals surface area contributed by atoms with E-state index in [2.05, 4.69) is 46.1 Å². The second-order valence-corrected chi connectivity index (χ2v) is 8.10. The third-order valence-corrected chi connectivity index (χ3v) is 5.94. The number of methoxy groups -OCH3 is 1. The molecular formula is C23H29N3O2. The summed E-state index contributed by atoms with van der Waals surface area (Å²) < 4.78 is 5.48. The normalized spacial score (nSPS) is 25.1. The van der Waals surface area contributed by atoms with Gasteiger partial charge in [-0.1, -0.05) is 36.4 Å². The second-order valence-electron chi connectivity index (χ2n) is 8.10. The van der Waals surface area contributed by atoms with Crippen LogP contribution in [-0.4, -0.2) is 35.9 Å².